The van der Waals surface area contributed by atoms with E-state index in [0.717, 1.165) is 0 Å². The first-order chi connectivity index (χ1) is 10.9. The average molecular weight is 338 g/mol. The molecular weight excluding hydrogens is 320 g/mol. The van der Waals surface area contributed by atoms with E-state index in [0.29, 0.717) is 17.2 Å². The van der Waals surface area contributed by atoms with Crippen LogP contribution in [0, 0.1) is 0 Å². The zero-order valence-electron chi connectivity index (χ0n) is 13.1. The van der Waals surface area contributed by atoms with Gasteiger partial charge in [0.25, 0.3) is 0 Å². The second-order valence-corrected chi connectivity index (χ2v) is 7.26. The Hall–Kier alpha value is -2.35. The minimum absolute atomic E-state index is 0.256. The standard InChI is InChI=1S/C15H18N2O5S/c1-10(14(18)16-2)23(19,20)9-12-8-22-15(17-12)11-4-6-13(21-3)7-5-11/h4-8,10H,9H2,1-3H3,(H,16,18)/t10-/m0/s1. The monoisotopic (exact) mass is 338 g/mol. The third kappa shape index (κ3) is 3.89. The molecule has 1 amide bonds. The fraction of sp³-hybridized carbons (Fsp3) is 0.333. The fourth-order valence-electron chi connectivity index (χ4n) is 1.94. The molecule has 0 aliphatic heterocycles. The number of hydrogen-bond donors (Lipinski definition) is 1. The van der Waals surface area contributed by atoms with E-state index in [-0.39, 0.29) is 11.4 Å². The second-order valence-electron chi connectivity index (χ2n) is 4.94. The van der Waals surface area contributed by atoms with Crippen LogP contribution in [0.4, 0.5) is 0 Å². The molecular formula is C15H18N2O5S. The van der Waals surface area contributed by atoms with Crippen LogP contribution in [0.5, 0.6) is 5.75 Å². The Morgan fingerprint density at radius 2 is 2.00 bits per heavy atom. The molecule has 2 rings (SSSR count). The Labute approximate surface area is 134 Å². The van der Waals surface area contributed by atoms with Crippen LogP contribution in [0.25, 0.3) is 11.5 Å². The molecule has 23 heavy (non-hydrogen) atoms. The minimum Gasteiger partial charge on any atom is -0.497 e. The van der Waals surface area contributed by atoms with Crippen molar-refractivity contribution in [2.75, 3.05) is 14.2 Å². The van der Waals surface area contributed by atoms with Gasteiger partial charge < -0.3 is 14.5 Å². The summed E-state index contributed by atoms with van der Waals surface area (Å²) in [5.74, 6) is 0.0955. The molecule has 124 valence electrons. The molecule has 1 N–H and O–H groups in total. The molecule has 0 aliphatic rings. The zero-order chi connectivity index (χ0) is 17.0. The lowest BCUT2D eigenvalue weighted by Crippen LogP contribution is -2.36. The highest BCUT2D eigenvalue weighted by atomic mass is 32.2. The van der Waals surface area contributed by atoms with Gasteiger partial charge in [-0.15, -0.1) is 0 Å². The Bertz CT molecular complexity index is 780. The maximum absolute atomic E-state index is 12.2. The van der Waals surface area contributed by atoms with E-state index in [1.165, 1.54) is 20.2 Å². The van der Waals surface area contributed by atoms with Gasteiger partial charge in [0, 0.05) is 12.6 Å². The zero-order valence-corrected chi connectivity index (χ0v) is 13.9. The van der Waals surface area contributed by atoms with Gasteiger partial charge in [0.2, 0.25) is 11.8 Å². The number of carbonyl (C=O) groups excluding carboxylic acids is 1. The van der Waals surface area contributed by atoms with Crippen LogP contribution in [0.1, 0.15) is 12.6 Å². The van der Waals surface area contributed by atoms with Gasteiger partial charge in [-0.25, -0.2) is 13.4 Å². The summed E-state index contributed by atoms with van der Waals surface area (Å²) in [4.78, 5) is 15.7. The third-order valence-corrected chi connectivity index (χ3v) is 5.38. The number of rotatable bonds is 6. The number of nitrogens with one attached hydrogen (secondary N) is 1. The average Bonchev–Trinajstić information content (AvgIpc) is 3.01. The van der Waals surface area contributed by atoms with Crippen LogP contribution in [-0.4, -0.2) is 38.7 Å². The van der Waals surface area contributed by atoms with E-state index in [4.69, 9.17) is 9.15 Å². The van der Waals surface area contributed by atoms with Crippen LogP contribution in [-0.2, 0) is 20.4 Å². The Morgan fingerprint density at radius 3 is 2.57 bits per heavy atom. The van der Waals surface area contributed by atoms with E-state index >= 15 is 0 Å². The van der Waals surface area contributed by atoms with Crippen molar-refractivity contribution < 1.29 is 22.4 Å². The number of benzene rings is 1. The predicted octanol–water partition coefficient (Wildman–Crippen LogP) is 1.40. The Balaban J connectivity index is 2.17. The number of oxazole rings is 1. The number of hydrogen-bond acceptors (Lipinski definition) is 6. The van der Waals surface area contributed by atoms with Crippen molar-refractivity contribution >= 4 is 15.7 Å². The Kier molecular flexibility index (Phi) is 5.05. The van der Waals surface area contributed by atoms with Gasteiger partial charge >= 0.3 is 0 Å². The van der Waals surface area contributed by atoms with Crippen LogP contribution in [0.15, 0.2) is 34.9 Å². The molecule has 0 fully saturated rings. The molecule has 8 heteroatoms. The van der Waals surface area contributed by atoms with E-state index in [1.54, 1.807) is 31.4 Å². The highest BCUT2D eigenvalue weighted by Gasteiger charge is 2.28. The molecule has 0 unspecified atom stereocenters. The summed E-state index contributed by atoms with van der Waals surface area (Å²) < 4.78 is 34.7. The summed E-state index contributed by atoms with van der Waals surface area (Å²) in [6.45, 7) is 1.35. The van der Waals surface area contributed by atoms with Crippen molar-refractivity contribution in [3.63, 3.8) is 0 Å². The third-order valence-electron chi connectivity index (χ3n) is 3.39. The van der Waals surface area contributed by atoms with Crippen molar-refractivity contribution in [3.8, 4) is 17.2 Å². The smallest absolute Gasteiger partial charge is 0.237 e. The molecule has 1 heterocycles. The molecule has 0 radical (unpaired) electrons. The quantitative estimate of drug-likeness (QED) is 0.855. The van der Waals surface area contributed by atoms with Gasteiger partial charge in [0.15, 0.2) is 9.84 Å². The first-order valence-corrected chi connectivity index (χ1v) is 8.61. The molecule has 0 saturated heterocycles. The normalized spacial score (nSPS) is 12.7. The Morgan fingerprint density at radius 1 is 1.35 bits per heavy atom. The molecule has 1 aromatic carbocycles. The van der Waals surface area contributed by atoms with E-state index in [2.05, 4.69) is 10.3 Å². The summed E-state index contributed by atoms with van der Waals surface area (Å²) in [7, 11) is -0.697. The number of nitrogens with zero attached hydrogens (tertiary/aromatic N) is 1. The van der Waals surface area contributed by atoms with Crippen LogP contribution in [0.3, 0.4) is 0 Å². The number of ether oxygens (including phenoxy) is 1. The topological polar surface area (TPSA) is 98.5 Å². The van der Waals surface area contributed by atoms with Crippen LogP contribution in [0.2, 0.25) is 0 Å². The maximum atomic E-state index is 12.2. The summed E-state index contributed by atoms with van der Waals surface area (Å²) in [6.07, 6.45) is 1.29. The van der Waals surface area contributed by atoms with Crippen molar-refractivity contribution in [3.05, 3.63) is 36.2 Å². The molecule has 0 bridgehead atoms. The number of sulfone groups is 1. The SMILES string of the molecule is CNC(=O)[C@H](C)S(=O)(=O)Cc1coc(-c2ccc(OC)cc2)n1. The first kappa shape index (κ1) is 17.0. The summed E-state index contributed by atoms with van der Waals surface area (Å²) >= 11 is 0. The molecule has 0 spiro atoms. The highest BCUT2D eigenvalue weighted by molar-refractivity contribution is 7.92. The number of methoxy groups -OCH3 is 1. The van der Waals surface area contributed by atoms with E-state index in [9.17, 15) is 13.2 Å². The van der Waals surface area contributed by atoms with Gasteiger partial charge in [-0.1, -0.05) is 0 Å². The molecule has 7 nitrogen and oxygen atoms in total. The summed E-state index contributed by atoms with van der Waals surface area (Å²) in [6, 6.07) is 7.03. The van der Waals surface area contributed by atoms with Gasteiger partial charge in [-0.3, -0.25) is 4.79 Å². The second kappa shape index (κ2) is 6.82. The number of amides is 1. The van der Waals surface area contributed by atoms with Gasteiger partial charge in [-0.2, -0.15) is 0 Å². The van der Waals surface area contributed by atoms with Gasteiger partial charge in [0.05, 0.1) is 18.6 Å². The van der Waals surface area contributed by atoms with Crippen molar-refractivity contribution in [1.29, 1.82) is 0 Å². The largest absolute Gasteiger partial charge is 0.497 e. The van der Waals surface area contributed by atoms with Crippen LogP contribution >= 0.6 is 0 Å². The molecule has 2 aromatic rings. The van der Waals surface area contributed by atoms with Crippen molar-refractivity contribution in [1.82, 2.24) is 10.3 Å². The van der Waals surface area contributed by atoms with E-state index < -0.39 is 21.0 Å². The highest BCUT2D eigenvalue weighted by Crippen LogP contribution is 2.22. The number of carbonyl (C=O) groups is 1. The summed E-state index contributed by atoms with van der Waals surface area (Å²) in [5.41, 5.74) is 0.959. The number of aromatic nitrogens is 1. The minimum atomic E-state index is -3.66. The summed E-state index contributed by atoms with van der Waals surface area (Å²) in [5, 5.41) is 1.18. The van der Waals surface area contributed by atoms with Crippen molar-refractivity contribution in [2.45, 2.75) is 17.9 Å². The molecule has 1 aromatic heterocycles. The predicted molar refractivity (Wildman–Crippen MR) is 84.6 cm³/mol. The lowest BCUT2D eigenvalue weighted by molar-refractivity contribution is -0.119. The maximum Gasteiger partial charge on any atom is 0.237 e. The van der Waals surface area contributed by atoms with Gasteiger partial charge in [0.1, 0.15) is 17.3 Å². The van der Waals surface area contributed by atoms with Gasteiger partial charge in [-0.05, 0) is 31.2 Å². The fourth-order valence-corrected chi connectivity index (χ4v) is 3.18. The first-order valence-electron chi connectivity index (χ1n) is 6.89. The lowest BCUT2D eigenvalue weighted by atomic mass is 10.2. The molecule has 0 aliphatic carbocycles. The molecule has 1 atom stereocenters. The van der Waals surface area contributed by atoms with Crippen LogP contribution < -0.4 is 10.1 Å². The lowest BCUT2D eigenvalue weighted by Gasteiger charge is -2.09. The van der Waals surface area contributed by atoms with Crippen molar-refractivity contribution in [2.24, 2.45) is 0 Å². The molecule has 0 saturated carbocycles. The van der Waals surface area contributed by atoms with E-state index in [1.807, 2.05) is 0 Å².